The van der Waals surface area contributed by atoms with E-state index >= 15 is 0 Å². The minimum Gasteiger partial charge on any atom is -0.431 e. The Hall–Kier alpha value is -2.67. The van der Waals surface area contributed by atoms with E-state index < -0.39 is 0 Å². The first kappa shape index (κ1) is 16.2. The first-order valence-electron chi connectivity index (χ1n) is 7.69. The summed E-state index contributed by atoms with van der Waals surface area (Å²) in [5, 5.41) is 9.55. The van der Waals surface area contributed by atoms with Gasteiger partial charge in [0.2, 0.25) is 0 Å². The van der Waals surface area contributed by atoms with Crippen molar-refractivity contribution in [1.82, 2.24) is 14.8 Å². The number of hydrogen-bond acceptors (Lipinski definition) is 5. The van der Waals surface area contributed by atoms with Crippen LogP contribution in [0.4, 0.5) is 5.82 Å². The van der Waals surface area contributed by atoms with E-state index in [0.29, 0.717) is 22.3 Å². The van der Waals surface area contributed by atoms with Gasteiger partial charge in [-0.15, -0.1) is 0 Å². The maximum atomic E-state index is 12.5. The van der Waals surface area contributed by atoms with Crippen LogP contribution in [-0.2, 0) is 0 Å². The highest BCUT2D eigenvalue weighted by atomic mass is 32.1. The number of anilines is 1. The van der Waals surface area contributed by atoms with Gasteiger partial charge in [-0.25, -0.2) is 9.67 Å². The molecule has 0 spiro atoms. The van der Waals surface area contributed by atoms with E-state index in [2.05, 4.69) is 29.2 Å². The van der Waals surface area contributed by atoms with Crippen LogP contribution in [0.1, 0.15) is 36.7 Å². The molecule has 0 radical (unpaired) electrons. The zero-order chi connectivity index (χ0) is 16.9. The second-order valence-electron chi connectivity index (χ2n) is 5.30. The average Bonchev–Trinajstić information content (AvgIpc) is 3.26. The molecule has 0 bridgehead atoms. The number of carbonyl (C=O) groups excluding carboxylic acids is 1. The van der Waals surface area contributed by atoms with Gasteiger partial charge in [0.1, 0.15) is 11.6 Å². The minimum absolute atomic E-state index is 0.204. The van der Waals surface area contributed by atoms with Gasteiger partial charge in [0.25, 0.3) is 11.1 Å². The fraction of sp³-hybridized carbons (Fsp3) is 0.235. The summed E-state index contributed by atoms with van der Waals surface area (Å²) < 4.78 is 7.45. The lowest BCUT2D eigenvalue weighted by atomic mass is 10.2. The van der Waals surface area contributed by atoms with Gasteiger partial charge >= 0.3 is 0 Å². The molecule has 2 aromatic heterocycles. The third-order valence-electron chi connectivity index (χ3n) is 3.63. The lowest BCUT2D eigenvalue weighted by molar-refractivity contribution is 0.102. The number of amides is 1. The Morgan fingerprint density at radius 2 is 2.25 bits per heavy atom. The van der Waals surface area contributed by atoms with E-state index in [4.69, 9.17) is 4.74 Å². The quantitative estimate of drug-likeness (QED) is 0.723. The Labute approximate surface area is 144 Å². The predicted molar refractivity (Wildman–Crippen MR) is 93.8 cm³/mol. The number of nitrogens with one attached hydrogen (secondary N) is 1. The number of thiazole rings is 1. The van der Waals surface area contributed by atoms with Gasteiger partial charge in [-0.2, -0.15) is 5.10 Å². The smallest absolute Gasteiger partial charge is 0.278 e. The molecule has 0 aliphatic carbocycles. The molecule has 7 heteroatoms. The zero-order valence-corrected chi connectivity index (χ0v) is 14.3. The van der Waals surface area contributed by atoms with Crippen molar-refractivity contribution in [3.05, 3.63) is 53.7 Å². The number of benzene rings is 1. The molecule has 0 aliphatic rings. The van der Waals surface area contributed by atoms with Crippen molar-refractivity contribution >= 4 is 23.1 Å². The van der Waals surface area contributed by atoms with Gasteiger partial charge in [-0.1, -0.05) is 24.3 Å². The molecular formula is C17H18N4O2S. The fourth-order valence-electron chi connectivity index (χ4n) is 2.19. The topological polar surface area (TPSA) is 69.0 Å². The number of nitrogens with zero attached hydrogens (tertiary/aromatic N) is 3. The van der Waals surface area contributed by atoms with E-state index in [1.165, 1.54) is 11.3 Å². The number of carbonyl (C=O) groups is 1. The molecule has 24 heavy (non-hydrogen) atoms. The maximum absolute atomic E-state index is 12.5. The molecule has 0 fully saturated rings. The largest absolute Gasteiger partial charge is 0.431 e. The molecule has 1 N–H and O–H groups in total. The van der Waals surface area contributed by atoms with E-state index in [-0.39, 0.29) is 11.9 Å². The second kappa shape index (κ2) is 7.27. The van der Waals surface area contributed by atoms with Crippen LogP contribution in [0.3, 0.4) is 0 Å². The van der Waals surface area contributed by atoms with Gasteiger partial charge in [0, 0.05) is 23.2 Å². The predicted octanol–water partition coefficient (Wildman–Crippen LogP) is 4.36. The number of rotatable bonds is 6. The molecule has 0 saturated heterocycles. The zero-order valence-electron chi connectivity index (χ0n) is 13.5. The Bertz CT molecular complexity index is 814. The Kier molecular flexibility index (Phi) is 4.90. The fourth-order valence-corrected chi connectivity index (χ4v) is 2.69. The summed E-state index contributed by atoms with van der Waals surface area (Å²) in [5.41, 5.74) is 0.515. The highest BCUT2D eigenvalue weighted by Crippen LogP contribution is 2.24. The first-order valence-corrected chi connectivity index (χ1v) is 8.57. The van der Waals surface area contributed by atoms with Gasteiger partial charge in [0.15, 0.2) is 0 Å². The van der Waals surface area contributed by atoms with Crippen LogP contribution in [0.2, 0.25) is 0 Å². The summed E-state index contributed by atoms with van der Waals surface area (Å²) in [6.45, 7) is 4.14. The monoisotopic (exact) mass is 342 g/mol. The van der Waals surface area contributed by atoms with Crippen LogP contribution < -0.4 is 10.1 Å². The molecule has 2 heterocycles. The second-order valence-corrected chi connectivity index (χ2v) is 6.16. The SMILES string of the molecule is CC[C@H](C)n1nccc1NC(=O)c1cccc(Oc2nccs2)c1. The van der Waals surface area contributed by atoms with Crippen LogP contribution in [0, 0.1) is 0 Å². The van der Waals surface area contributed by atoms with Crippen LogP contribution in [0.5, 0.6) is 10.9 Å². The van der Waals surface area contributed by atoms with Crippen molar-refractivity contribution in [2.24, 2.45) is 0 Å². The van der Waals surface area contributed by atoms with Crippen molar-refractivity contribution in [2.75, 3.05) is 5.32 Å². The highest BCUT2D eigenvalue weighted by molar-refractivity contribution is 7.11. The summed E-state index contributed by atoms with van der Waals surface area (Å²) >= 11 is 1.40. The van der Waals surface area contributed by atoms with Crippen molar-refractivity contribution in [3.63, 3.8) is 0 Å². The van der Waals surface area contributed by atoms with Crippen LogP contribution in [0.15, 0.2) is 48.1 Å². The Morgan fingerprint density at radius 3 is 3.00 bits per heavy atom. The molecule has 0 unspecified atom stereocenters. The maximum Gasteiger partial charge on any atom is 0.278 e. The summed E-state index contributed by atoms with van der Waals surface area (Å²) in [4.78, 5) is 16.6. The molecule has 1 amide bonds. The Balaban J connectivity index is 1.75. The first-order chi connectivity index (χ1) is 11.7. The van der Waals surface area contributed by atoms with Crippen LogP contribution in [0.25, 0.3) is 0 Å². The molecule has 0 saturated carbocycles. The Morgan fingerprint density at radius 1 is 1.38 bits per heavy atom. The van der Waals surface area contributed by atoms with Crippen molar-refractivity contribution in [2.45, 2.75) is 26.3 Å². The summed E-state index contributed by atoms with van der Waals surface area (Å²) in [7, 11) is 0. The summed E-state index contributed by atoms with van der Waals surface area (Å²) in [6, 6.07) is 9.02. The van der Waals surface area contributed by atoms with Crippen molar-refractivity contribution in [3.8, 4) is 10.9 Å². The van der Waals surface area contributed by atoms with E-state index in [9.17, 15) is 4.79 Å². The summed E-state index contributed by atoms with van der Waals surface area (Å²) in [5.74, 6) is 1.05. The van der Waals surface area contributed by atoms with E-state index in [0.717, 1.165) is 6.42 Å². The van der Waals surface area contributed by atoms with Crippen LogP contribution >= 0.6 is 11.3 Å². The van der Waals surface area contributed by atoms with E-state index in [1.807, 2.05) is 10.1 Å². The van der Waals surface area contributed by atoms with Crippen molar-refractivity contribution < 1.29 is 9.53 Å². The van der Waals surface area contributed by atoms with Gasteiger partial charge in [-0.3, -0.25) is 4.79 Å². The van der Waals surface area contributed by atoms with Gasteiger partial charge < -0.3 is 10.1 Å². The van der Waals surface area contributed by atoms with E-state index in [1.54, 1.807) is 42.7 Å². The standard InChI is InChI=1S/C17H18N4O2S/c1-3-12(2)21-15(7-8-19-21)20-16(22)13-5-4-6-14(11-13)23-17-18-9-10-24-17/h4-12H,3H2,1-2H3,(H,20,22)/t12-/m0/s1. The molecule has 1 atom stereocenters. The van der Waals surface area contributed by atoms with Crippen molar-refractivity contribution in [1.29, 1.82) is 0 Å². The normalized spacial score (nSPS) is 11.9. The number of aromatic nitrogens is 3. The highest BCUT2D eigenvalue weighted by Gasteiger charge is 2.13. The molecule has 3 aromatic rings. The minimum atomic E-state index is -0.204. The number of ether oxygens (including phenoxy) is 1. The third-order valence-corrected chi connectivity index (χ3v) is 4.28. The molecular weight excluding hydrogens is 324 g/mol. The average molecular weight is 342 g/mol. The van der Waals surface area contributed by atoms with Gasteiger partial charge in [0.05, 0.1) is 12.2 Å². The lowest BCUT2D eigenvalue weighted by Gasteiger charge is -2.14. The van der Waals surface area contributed by atoms with Crippen LogP contribution in [-0.4, -0.2) is 20.7 Å². The molecule has 1 aromatic carbocycles. The molecule has 3 rings (SSSR count). The van der Waals surface area contributed by atoms with Gasteiger partial charge in [-0.05, 0) is 31.5 Å². The molecule has 6 nitrogen and oxygen atoms in total. The third kappa shape index (κ3) is 3.62. The lowest BCUT2D eigenvalue weighted by Crippen LogP contribution is -2.17. The summed E-state index contributed by atoms with van der Waals surface area (Å²) in [6.07, 6.45) is 4.29. The molecule has 0 aliphatic heterocycles. The number of hydrogen-bond donors (Lipinski definition) is 1. The molecule has 124 valence electrons.